The Morgan fingerprint density at radius 2 is 1.57 bits per heavy atom. The number of hydrogen-bond donors (Lipinski definition) is 1. The van der Waals surface area contributed by atoms with Gasteiger partial charge in [0.2, 0.25) is 5.91 Å². The van der Waals surface area contributed by atoms with Gasteiger partial charge in [-0.15, -0.1) is 0 Å². The van der Waals surface area contributed by atoms with Crippen LogP contribution in [0.2, 0.25) is 0 Å². The number of nitrogens with zero attached hydrogens (tertiary/aromatic N) is 2. The zero-order valence-corrected chi connectivity index (χ0v) is 20.9. The van der Waals surface area contributed by atoms with Gasteiger partial charge in [-0.2, -0.15) is 0 Å². The molecule has 1 amide bonds. The molecular weight excluding hydrogens is 462 g/mol. The van der Waals surface area contributed by atoms with Crippen molar-refractivity contribution in [1.29, 1.82) is 0 Å². The normalized spacial score (nSPS) is 14.0. The molecule has 3 aromatic rings. The lowest BCUT2D eigenvalue weighted by atomic mass is 10.1. The summed E-state index contributed by atoms with van der Waals surface area (Å²) in [5.74, 6) is 0.953. The molecule has 4 rings (SSSR count). The van der Waals surface area contributed by atoms with E-state index in [0.29, 0.717) is 31.6 Å². The predicted molar refractivity (Wildman–Crippen MR) is 139 cm³/mol. The molecule has 184 valence electrons. The van der Waals surface area contributed by atoms with Gasteiger partial charge in [-0.05, 0) is 55.3 Å². The quantitative estimate of drug-likeness (QED) is 0.512. The molecule has 0 unspecified atom stereocenters. The van der Waals surface area contributed by atoms with Crippen molar-refractivity contribution in [3.8, 4) is 5.75 Å². The third-order valence-corrected chi connectivity index (χ3v) is 7.62. The van der Waals surface area contributed by atoms with Crippen LogP contribution >= 0.6 is 0 Å². The van der Waals surface area contributed by atoms with Crippen molar-refractivity contribution in [3.05, 3.63) is 83.9 Å². The zero-order chi connectivity index (χ0) is 24.8. The van der Waals surface area contributed by atoms with E-state index in [-0.39, 0.29) is 10.8 Å². The number of anilines is 2. The van der Waals surface area contributed by atoms with Crippen molar-refractivity contribution in [2.75, 3.05) is 42.9 Å². The lowest BCUT2D eigenvalue weighted by Crippen LogP contribution is -2.48. The third-order valence-electron chi connectivity index (χ3n) is 6.22. The summed E-state index contributed by atoms with van der Waals surface area (Å²) in [6.07, 6.45) is 0.958. The number of hydrogen-bond acceptors (Lipinski definition) is 5. The Balaban J connectivity index is 1.28. The fraction of sp³-hybridized carbons (Fsp3) is 0.296. The molecule has 35 heavy (non-hydrogen) atoms. The van der Waals surface area contributed by atoms with E-state index < -0.39 is 10.0 Å². The van der Waals surface area contributed by atoms with E-state index in [1.54, 1.807) is 43.5 Å². The molecule has 1 N–H and O–H groups in total. The number of ether oxygens (including phenoxy) is 1. The van der Waals surface area contributed by atoms with Crippen LogP contribution in [0.3, 0.4) is 0 Å². The first kappa shape index (κ1) is 24.6. The maximum atomic E-state index is 12.8. The summed E-state index contributed by atoms with van der Waals surface area (Å²) >= 11 is 0. The van der Waals surface area contributed by atoms with Gasteiger partial charge in [0.15, 0.2) is 0 Å². The number of para-hydroxylation sites is 2. The van der Waals surface area contributed by atoms with Crippen LogP contribution in [0.25, 0.3) is 0 Å². The van der Waals surface area contributed by atoms with Crippen molar-refractivity contribution in [1.82, 2.24) is 4.90 Å². The summed E-state index contributed by atoms with van der Waals surface area (Å²) in [6, 6.07) is 21.8. The highest BCUT2D eigenvalue weighted by Gasteiger charge is 2.22. The summed E-state index contributed by atoms with van der Waals surface area (Å²) in [5.41, 5.74) is 3.57. The van der Waals surface area contributed by atoms with Gasteiger partial charge >= 0.3 is 0 Å². The summed E-state index contributed by atoms with van der Waals surface area (Å²) in [4.78, 5) is 17.1. The number of carbonyl (C=O) groups is 1. The van der Waals surface area contributed by atoms with Crippen LogP contribution in [0.5, 0.6) is 5.75 Å². The molecule has 0 radical (unpaired) electrons. The first-order valence-electron chi connectivity index (χ1n) is 11.7. The number of piperazine rings is 1. The summed E-state index contributed by atoms with van der Waals surface area (Å²) in [6.45, 7) is 4.79. The average Bonchev–Trinajstić information content (AvgIpc) is 2.89. The Labute approximate surface area is 207 Å². The number of nitrogens with one attached hydrogen (secondary N) is 1. The maximum absolute atomic E-state index is 12.8. The minimum Gasteiger partial charge on any atom is -0.495 e. The van der Waals surface area contributed by atoms with Gasteiger partial charge in [-0.25, -0.2) is 8.42 Å². The van der Waals surface area contributed by atoms with Gasteiger partial charge in [-0.1, -0.05) is 42.0 Å². The number of carbonyl (C=O) groups excluding carboxylic acids is 1. The minimum atomic E-state index is -3.66. The van der Waals surface area contributed by atoms with Crippen LogP contribution in [0.1, 0.15) is 17.5 Å². The standard InChI is InChI=1S/C27H31N3O4S/c1-21-7-12-23(13-8-21)28-35(32,33)24-14-9-22(10-15-24)11-16-27(31)30-19-17-29(18-20-30)25-5-3-4-6-26(25)34-2/h3-10,12-15,28H,11,16-20H2,1-2H3. The predicted octanol–water partition coefficient (Wildman–Crippen LogP) is 4.09. The van der Waals surface area contributed by atoms with E-state index in [0.717, 1.165) is 35.7 Å². The molecule has 0 aromatic heterocycles. The molecule has 1 aliphatic heterocycles. The molecule has 0 aliphatic carbocycles. The molecule has 1 saturated heterocycles. The molecule has 1 aliphatic rings. The Kier molecular flexibility index (Phi) is 7.60. The van der Waals surface area contributed by atoms with Crippen molar-refractivity contribution < 1.29 is 17.9 Å². The first-order chi connectivity index (χ1) is 16.9. The van der Waals surface area contributed by atoms with E-state index >= 15 is 0 Å². The molecule has 7 nitrogen and oxygen atoms in total. The Morgan fingerprint density at radius 3 is 2.23 bits per heavy atom. The van der Waals surface area contributed by atoms with Crippen LogP contribution in [0.4, 0.5) is 11.4 Å². The number of aryl methyl sites for hydroxylation is 2. The molecule has 1 heterocycles. The van der Waals surface area contributed by atoms with Gasteiger partial charge in [0.25, 0.3) is 10.0 Å². The minimum absolute atomic E-state index is 0.113. The first-order valence-corrected chi connectivity index (χ1v) is 13.2. The SMILES string of the molecule is COc1ccccc1N1CCN(C(=O)CCc2ccc(S(=O)(=O)Nc3ccc(C)cc3)cc2)CC1. The van der Waals surface area contributed by atoms with Crippen molar-refractivity contribution in [2.24, 2.45) is 0 Å². The van der Waals surface area contributed by atoms with Crippen LogP contribution in [-0.2, 0) is 21.2 Å². The summed E-state index contributed by atoms with van der Waals surface area (Å²) < 4.78 is 33.4. The van der Waals surface area contributed by atoms with Crippen LogP contribution in [-0.4, -0.2) is 52.5 Å². The van der Waals surface area contributed by atoms with Gasteiger partial charge < -0.3 is 14.5 Å². The smallest absolute Gasteiger partial charge is 0.261 e. The van der Waals surface area contributed by atoms with Gasteiger partial charge in [0, 0.05) is 38.3 Å². The second kappa shape index (κ2) is 10.8. The molecule has 1 fully saturated rings. The lowest BCUT2D eigenvalue weighted by molar-refractivity contribution is -0.131. The second-order valence-electron chi connectivity index (χ2n) is 8.66. The van der Waals surface area contributed by atoms with Crippen molar-refractivity contribution in [2.45, 2.75) is 24.7 Å². The highest BCUT2D eigenvalue weighted by molar-refractivity contribution is 7.92. The van der Waals surface area contributed by atoms with Crippen LogP contribution in [0, 0.1) is 6.92 Å². The van der Waals surface area contributed by atoms with Gasteiger partial charge in [0.05, 0.1) is 17.7 Å². The van der Waals surface area contributed by atoms with Gasteiger partial charge in [0.1, 0.15) is 5.75 Å². The van der Waals surface area contributed by atoms with Crippen molar-refractivity contribution in [3.63, 3.8) is 0 Å². The van der Waals surface area contributed by atoms with Crippen LogP contribution in [0.15, 0.2) is 77.7 Å². The zero-order valence-electron chi connectivity index (χ0n) is 20.1. The number of rotatable bonds is 8. The maximum Gasteiger partial charge on any atom is 0.261 e. The van der Waals surface area contributed by atoms with Crippen LogP contribution < -0.4 is 14.4 Å². The Hall–Kier alpha value is -3.52. The van der Waals surface area contributed by atoms with E-state index in [2.05, 4.69) is 9.62 Å². The fourth-order valence-electron chi connectivity index (χ4n) is 4.17. The number of methoxy groups -OCH3 is 1. The molecule has 8 heteroatoms. The molecule has 0 saturated carbocycles. The molecule has 3 aromatic carbocycles. The highest BCUT2D eigenvalue weighted by atomic mass is 32.2. The molecular formula is C27H31N3O4S. The summed E-state index contributed by atoms with van der Waals surface area (Å²) in [5, 5.41) is 0. The Morgan fingerprint density at radius 1 is 0.914 bits per heavy atom. The van der Waals surface area contributed by atoms with E-state index in [4.69, 9.17) is 4.74 Å². The molecule has 0 spiro atoms. The molecule has 0 atom stereocenters. The number of benzene rings is 3. The highest BCUT2D eigenvalue weighted by Crippen LogP contribution is 2.28. The third kappa shape index (κ3) is 6.14. The van der Waals surface area contributed by atoms with E-state index in [1.165, 1.54) is 0 Å². The van der Waals surface area contributed by atoms with Gasteiger partial charge in [-0.3, -0.25) is 9.52 Å². The van der Waals surface area contributed by atoms with E-state index in [1.807, 2.05) is 48.2 Å². The largest absolute Gasteiger partial charge is 0.495 e. The number of amides is 1. The van der Waals surface area contributed by atoms with E-state index in [9.17, 15) is 13.2 Å². The second-order valence-corrected chi connectivity index (χ2v) is 10.3. The Bertz CT molecular complexity index is 1250. The summed E-state index contributed by atoms with van der Waals surface area (Å²) in [7, 11) is -2.00. The number of sulfonamides is 1. The molecule has 0 bridgehead atoms. The monoisotopic (exact) mass is 493 g/mol. The lowest BCUT2D eigenvalue weighted by Gasteiger charge is -2.36. The average molecular weight is 494 g/mol. The fourth-order valence-corrected chi connectivity index (χ4v) is 5.23. The van der Waals surface area contributed by atoms with Crippen molar-refractivity contribution >= 4 is 27.3 Å². The topological polar surface area (TPSA) is 79.0 Å².